The van der Waals surface area contributed by atoms with Gasteiger partial charge in [-0.25, -0.2) is 4.39 Å². The van der Waals surface area contributed by atoms with E-state index in [1.165, 1.54) is 6.07 Å². The highest BCUT2D eigenvalue weighted by Gasteiger charge is 2.39. The molecule has 5 heteroatoms. The fraction of sp³-hybridized carbons (Fsp3) is 0.562. The molecule has 3 unspecified atom stereocenters. The van der Waals surface area contributed by atoms with Crippen molar-refractivity contribution in [3.05, 3.63) is 24.0 Å². The molecule has 2 fully saturated rings. The highest BCUT2D eigenvalue weighted by Crippen LogP contribution is 2.38. The number of halogens is 1. The minimum Gasteiger partial charge on any atom is -0.380 e. The second-order valence-corrected chi connectivity index (χ2v) is 6.02. The van der Waals surface area contributed by atoms with E-state index >= 15 is 0 Å². The van der Waals surface area contributed by atoms with Gasteiger partial charge in [-0.1, -0.05) is 6.92 Å². The Labute approximate surface area is 124 Å². The third kappa shape index (κ3) is 3.53. The molecule has 1 amide bonds. The summed E-state index contributed by atoms with van der Waals surface area (Å²) in [5.74, 6) is 0.171. The second kappa shape index (κ2) is 6.02. The Kier molecular flexibility index (Phi) is 4.10. The Morgan fingerprint density at radius 3 is 2.90 bits per heavy atom. The smallest absolute Gasteiger partial charge is 0.227 e. The van der Waals surface area contributed by atoms with Crippen molar-refractivity contribution in [2.24, 2.45) is 11.8 Å². The molecule has 3 atom stereocenters. The number of rotatable bonds is 5. The third-order valence-electron chi connectivity index (χ3n) is 4.23. The lowest BCUT2D eigenvalue weighted by molar-refractivity contribution is -0.117. The van der Waals surface area contributed by atoms with Gasteiger partial charge in [-0.15, -0.1) is 0 Å². The summed E-state index contributed by atoms with van der Waals surface area (Å²) in [7, 11) is 0. The Bertz CT molecular complexity index is 529. The highest BCUT2D eigenvalue weighted by atomic mass is 19.1. The molecule has 114 valence electrons. The van der Waals surface area contributed by atoms with Crippen LogP contribution in [-0.2, 0) is 9.53 Å². The maximum absolute atomic E-state index is 14.0. The summed E-state index contributed by atoms with van der Waals surface area (Å²) in [4.78, 5) is 11.8. The molecule has 1 saturated heterocycles. The SMILES string of the molecule is CC1CC1C(=O)Nc1ccc(NCC2CCCO2)c(F)c1. The highest BCUT2D eigenvalue weighted by molar-refractivity contribution is 5.94. The molecule has 1 saturated carbocycles. The molecule has 0 aromatic heterocycles. The van der Waals surface area contributed by atoms with Crippen molar-refractivity contribution in [1.82, 2.24) is 0 Å². The Morgan fingerprint density at radius 2 is 2.29 bits per heavy atom. The molecular weight excluding hydrogens is 271 g/mol. The predicted molar refractivity (Wildman–Crippen MR) is 79.8 cm³/mol. The average Bonchev–Trinajstić information content (AvgIpc) is 2.98. The maximum Gasteiger partial charge on any atom is 0.227 e. The molecular formula is C16H21FN2O2. The predicted octanol–water partition coefficient (Wildman–Crippen LogP) is 3.01. The standard InChI is InChI=1S/C16H21FN2O2/c1-10-7-13(10)16(20)19-11-4-5-15(14(17)8-11)18-9-12-3-2-6-21-12/h4-5,8,10,12-13,18H,2-3,6-7,9H2,1H3,(H,19,20). The van der Waals surface area contributed by atoms with Crippen LogP contribution in [0.15, 0.2) is 18.2 Å². The summed E-state index contributed by atoms with van der Waals surface area (Å²) in [6.45, 7) is 3.45. The van der Waals surface area contributed by atoms with Gasteiger partial charge in [-0.3, -0.25) is 4.79 Å². The lowest BCUT2D eigenvalue weighted by Gasteiger charge is -2.13. The number of amides is 1. The van der Waals surface area contributed by atoms with Gasteiger partial charge in [0, 0.05) is 24.8 Å². The van der Waals surface area contributed by atoms with Crippen molar-refractivity contribution in [2.75, 3.05) is 23.8 Å². The van der Waals surface area contributed by atoms with E-state index in [-0.39, 0.29) is 23.7 Å². The van der Waals surface area contributed by atoms with Gasteiger partial charge in [-0.2, -0.15) is 0 Å². The molecule has 3 rings (SSSR count). The fourth-order valence-corrected chi connectivity index (χ4v) is 2.69. The van der Waals surface area contributed by atoms with Crippen LogP contribution in [0.25, 0.3) is 0 Å². The number of carbonyl (C=O) groups excluding carboxylic acids is 1. The Hall–Kier alpha value is -1.62. The van der Waals surface area contributed by atoms with Gasteiger partial charge in [0.1, 0.15) is 5.82 Å². The molecule has 21 heavy (non-hydrogen) atoms. The zero-order chi connectivity index (χ0) is 14.8. The van der Waals surface area contributed by atoms with Gasteiger partial charge in [0.2, 0.25) is 5.91 Å². The molecule has 1 aliphatic heterocycles. The second-order valence-electron chi connectivity index (χ2n) is 6.02. The van der Waals surface area contributed by atoms with Gasteiger partial charge in [0.05, 0.1) is 11.8 Å². The molecule has 0 bridgehead atoms. The van der Waals surface area contributed by atoms with E-state index < -0.39 is 0 Å². The summed E-state index contributed by atoms with van der Waals surface area (Å²) in [6, 6.07) is 4.75. The molecule has 1 aliphatic carbocycles. The van der Waals surface area contributed by atoms with Gasteiger partial charge >= 0.3 is 0 Å². The minimum atomic E-state index is -0.352. The maximum atomic E-state index is 14.0. The Balaban J connectivity index is 1.55. The van der Waals surface area contributed by atoms with Crippen LogP contribution in [0.4, 0.5) is 15.8 Å². The average molecular weight is 292 g/mol. The van der Waals surface area contributed by atoms with Crippen molar-refractivity contribution in [1.29, 1.82) is 0 Å². The van der Waals surface area contributed by atoms with E-state index in [9.17, 15) is 9.18 Å². The first-order valence-electron chi connectivity index (χ1n) is 7.59. The number of hydrogen-bond donors (Lipinski definition) is 2. The fourth-order valence-electron chi connectivity index (χ4n) is 2.69. The van der Waals surface area contributed by atoms with E-state index in [0.717, 1.165) is 25.9 Å². The third-order valence-corrected chi connectivity index (χ3v) is 4.23. The topological polar surface area (TPSA) is 50.4 Å². The molecule has 2 aliphatic rings. The molecule has 1 aromatic rings. The monoisotopic (exact) mass is 292 g/mol. The summed E-state index contributed by atoms with van der Waals surface area (Å²) in [5.41, 5.74) is 0.961. The zero-order valence-corrected chi connectivity index (χ0v) is 12.2. The van der Waals surface area contributed by atoms with Crippen LogP contribution < -0.4 is 10.6 Å². The number of anilines is 2. The largest absolute Gasteiger partial charge is 0.380 e. The van der Waals surface area contributed by atoms with E-state index in [0.29, 0.717) is 23.8 Å². The number of ether oxygens (including phenoxy) is 1. The minimum absolute atomic E-state index is 0.0121. The molecule has 4 nitrogen and oxygen atoms in total. The van der Waals surface area contributed by atoms with Crippen molar-refractivity contribution in [3.63, 3.8) is 0 Å². The van der Waals surface area contributed by atoms with Crippen molar-refractivity contribution in [3.8, 4) is 0 Å². The van der Waals surface area contributed by atoms with Crippen molar-refractivity contribution >= 4 is 17.3 Å². The van der Waals surface area contributed by atoms with Crippen LogP contribution in [0, 0.1) is 17.7 Å². The van der Waals surface area contributed by atoms with Crippen LogP contribution in [0.5, 0.6) is 0 Å². The summed E-state index contributed by atoms with van der Waals surface area (Å²) in [6.07, 6.45) is 3.18. The normalized spacial score (nSPS) is 27.4. The number of benzene rings is 1. The summed E-state index contributed by atoms with van der Waals surface area (Å²) >= 11 is 0. The number of carbonyl (C=O) groups is 1. The summed E-state index contributed by atoms with van der Waals surface area (Å²) in [5, 5.41) is 5.83. The van der Waals surface area contributed by atoms with E-state index in [1.54, 1.807) is 12.1 Å². The van der Waals surface area contributed by atoms with Crippen molar-refractivity contribution in [2.45, 2.75) is 32.3 Å². The van der Waals surface area contributed by atoms with Gasteiger partial charge in [0.15, 0.2) is 0 Å². The van der Waals surface area contributed by atoms with E-state index in [2.05, 4.69) is 10.6 Å². The van der Waals surface area contributed by atoms with Gasteiger partial charge < -0.3 is 15.4 Å². The lowest BCUT2D eigenvalue weighted by atomic mass is 10.2. The molecule has 1 aromatic carbocycles. The van der Waals surface area contributed by atoms with Gasteiger partial charge in [0.25, 0.3) is 0 Å². The van der Waals surface area contributed by atoms with Crippen LogP contribution in [0.2, 0.25) is 0 Å². The number of nitrogens with one attached hydrogen (secondary N) is 2. The van der Waals surface area contributed by atoms with Crippen LogP contribution >= 0.6 is 0 Å². The molecule has 2 N–H and O–H groups in total. The van der Waals surface area contributed by atoms with Crippen LogP contribution in [0.3, 0.4) is 0 Å². The first kappa shape index (κ1) is 14.3. The van der Waals surface area contributed by atoms with Crippen molar-refractivity contribution < 1.29 is 13.9 Å². The van der Waals surface area contributed by atoms with Gasteiger partial charge in [-0.05, 0) is 43.4 Å². The van der Waals surface area contributed by atoms with E-state index in [1.807, 2.05) is 6.92 Å². The first-order valence-corrected chi connectivity index (χ1v) is 7.59. The quantitative estimate of drug-likeness (QED) is 0.877. The zero-order valence-electron chi connectivity index (χ0n) is 12.2. The van der Waals surface area contributed by atoms with Crippen LogP contribution in [0.1, 0.15) is 26.2 Å². The Morgan fingerprint density at radius 1 is 1.48 bits per heavy atom. The lowest BCUT2D eigenvalue weighted by Crippen LogP contribution is -2.19. The summed E-state index contributed by atoms with van der Waals surface area (Å²) < 4.78 is 19.5. The van der Waals surface area contributed by atoms with E-state index in [4.69, 9.17) is 4.74 Å². The molecule has 0 spiro atoms. The molecule has 0 radical (unpaired) electrons. The number of hydrogen-bond acceptors (Lipinski definition) is 3. The van der Waals surface area contributed by atoms with Crippen LogP contribution in [-0.4, -0.2) is 25.2 Å². The first-order chi connectivity index (χ1) is 10.1. The molecule has 1 heterocycles.